The fourth-order valence-electron chi connectivity index (χ4n) is 3.34. The minimum atomic E-state index is -0.367. The zero-order valence-electron chi connectivity index (χ0n) is 13.2. The van der Waals surface area contributed by atoms with Crippen LogP contribution in [0.2, 0.25) is 0 Å². The Kier molecular flexibility index (Phi) is 3.62. The monoisotopic (exact) mass is 315 g/mol. The predicted octanol–water partition coefficient (Wildman–Crippen LogP) is 3.24. The summed E-state index contributed by atoms with van der Waals surface area (Å²) in [5.41, 5.74) is 3.78. The van der Waals surface area contributed by atoms with Gasteiger partial charge in [-0.1, -0.05) is 66.7 Å². The van der Waals surface area contributed by atoms with Gasteiger partial charge in [-0.3, -0.25) is 9.59 Å². The molecule has 3 aromatic carbocycles. The molecular formula is C21H17NO2. The first kappa shape index (κ1) is 14.6. The molecule has 0 unspecified atom stereocenters. The summed E-state index contributed by atoms with van der Waals surface area (Å²) in [6.07, 6.45) is 3.03. The predicted molar refractivity (Wildman–Crippen MR) is 98.0 cm³/mol. The highest BCUT2D eigenvalue weighted by atomic mass is 16.2. The van der Waals surface area contributed by atoms with Crippen LogP contribution in [0.15, 0.2) is 76.3 Å². The van der Waals surface area contributed by atoms with Gasteiger partial charge in [0, 0.05) is 13.1 Å². The van der Waals surface area contributed by atoms with Crippen molar-refractivity contribution in [1.29, 1.82) is 0 Å². The highest BCUT2D eigenvalue weighted by molar-refractivity contribution is 5.83. The standard InChI is InChI=1S/C21H17NO2/c23-20-18(17-9-5-2-6-10-17)19(21(20)24)22-13-11-16(12-14-22)15-7-3-1-4-8-15/h1-11H,12-14H2. The van der Waals surface area contributed by atoms with Crippen LogP contribution in [0.1, 0.15) is 12.0 Å². The van der Waals surface area contributed by atoms with Crippen LogP contribution in [0.3, 0.4) is 0 Å². The minimum absolute atomic E-state index is 0.356. The third kappa shape index (κ3) is 2.38. The van der Waals surface area contributed by atoms with Gasteiger partial charge >= 0.3 is 0 Å². The molecule has 0 radical (unpaired) electrons. The summed E-state index contributed by atoms with van der Waals surface area (Å²) in [5, 5.41) is 0. The van der Waals surface area contributed by atoms with Gasteiger partial charge in [-0.2, -0.15) is 0 Å². The summed E-state index contributed by atoms with van der Waals surface area (Å²) in [6.45, 7) is 1.42. The molecule has 4 rings (SSSR count). The molecule has 118 valence electrons. The van der Waals surface area contributed by atoms with E-state index in [0.29, 0.717) is 17.8 Å². The van der Waals surface area contributed by atoms with Crippen molar-refractivity contribution in [2.24, 2.45) is 0 Å². The molecule has 0 N–H and O–H groups in total. The average molecular weight is 315 g/mol. The van der Waals surface area contributed by atoms with E-state index in [0.717, 1.165) is 18.5 Å². The lowest BCUT2D eigenvalue weighted by Gasteiger charge is -2.30. The second-order valence-electron chi connectivity index (χ2n) is 6.04. The maximum atomic E-state index is 12.1. The Hall–Kier alpha value is -2.94. The van der Waals surface area contributed by atoms with Crippen molar-refractivity contribution in [1.82, 2.24) is 0 Å². The number of rotatable bonds is 3. The quantitative estimate of drug-likeness (QED) is 0.696. The van der Waals surface area contributed by atoms with E-state index in [1.165, 1.54) is 11.1 Å². The van der Waals surface area contributed by atoms with Crippen molar-refractivity contribution in [3.63, 3.8) is 0 Å². The molecule has 0 amide bonds. The first-order valence-electron chi connectivity index (χ1n) is 8.14. The molecule has 0 bridgehead atoms. The Balaban J connectivity index is 1.64. The van der Waals surface area contributed by atoms with Gasteiger partial charge in [0.05, 0.1) is 5.56 Å². The SMILES string of the molecule is O=c1c(-c2ccccc2)c(N2CC=C(c3ccccc3)CC2)c1=O. The van der Waals surface area contributed by atoms with E-state index in [2.05, 4.69) is 18.2 Å². The van der Waals surface area contributed by atoms with E-state index in [4.69, 9.17) is 0 Å². The second-order valence-corrected chi connectivity index (χ2v) is 6.04. The van der Waals surface area contributed by atoms with Gasteiger partial charge in [-0.15, -0.1) is 0 Å². The van der Waals surface area contributed by atoms with Crippen LogP contribution in [0.4, 0.5) is 5.69 Å². The number of hydrogen-bond donors (Lipinski definition) is 0. The summed E-state index contributed by atoms with van der Waals surface area (Å²) in [4.78, 5) is 26.2. The van der Waals surface area contributed by atoms with Crippen LogP contribution in [0.25, 0.3) is 16.7 Å². The topological polar surface area (TPSA) is 37.4 Å². The van der Waals surface area contributed by atoms with Crippen LogP contribution in [0.5, 0.6) is 0 Å². The molecule has 3 aromatic rings. The molecule has 0 aliphatic carbocycles. The van der Waals surface area contributed by atoms with Crippen molar-refractivity contribution in [3.8, 4) is 11.1 Å². The van der Waals surface area contributed by atoms with Gasteiger partial charge in [-0.25, -0.2) is 0 Å². The van der Waals surface area contributed by atoms with E-state index in [1.54, 1.807) is 0 Å². The van der Waals surface area contributed by atoms with Gasteiger partial charge in [0.15, 0.2) is 0 Å². The van der Waals surface area contributed by atoms with E-state index in [-0.39, 0.29) is 10.9 Å². The van der Waals surface area contributed by atoms with E-state index < -0.39 is 0 Å². The average Bonchev–Trinajstić information content (AvgIpc) is 2.67. The van der Waals surface area contributed by atoms with Crippen molar-refractivity contribution < 1.29 is 0 Å². The summed E-state index contributed by atoms with van der Waals surface area (Å²) >= 11 is 0. The smallest absolute Gasteiger partial charge is 0.250 e. The Bertz CT molecular complexity index is 964. The summed E-state index contributed by atoms with van der Waals surface area (Å²) in [5.74, 6) is 0. The highest BCUT2D eigenvalue weighted by Crippen LogP contribution is 2.30. The third-order valence-corrected chi connectivity index (χ3v) is 4.62. The molecule has 1 aliphatic heterocycles. The van der Waals surface area contributed by atoms with Gasteiger partial charge in [0.25, 0.3) is 0 Å². The fraction of sp³-hybridized carbons (Fsp3) is 0.143. The molecule has 0 saturated carbocycles. The van der Waals surface area contributed by atoms with Gasteiger partial charge in [0.2, 0.25) is 10.9 Å². The normalized spacial score (nSPS) is 14.7. The number of nitrogens with zero attached hydrogens (tertiary/aromatic N) is 1. The summed E-state index contributed by atoms with van der Waals surface area (Å²) < 4.78 is 0. The highest BCUT2D eigenvalue weighted by Gasteiger charge is 2.27. The van der Waals surface area contributed by atoms with Crippen LogP contribution in [-0.2, 0) is 0 Å². The van der Waals surface area contributed by atoms with Crippen LogP contribution in [0, 0.1) is 0 Å². The number of hydrogen-bond acceptors (Lipinski definition) is 3. The summed E-state index contributed by atoms with van der Waals surface area (Å²) in [6, 6.07) is 19.7. The Labute approximate surface area is 140 Å². The molecule has 0 atom stereocenters. The lowest BCUT2D eigenvalue weighted by molar-refractivity contribution is 0.825. The van der Waals surface area contributed by atoms with Gasteiger partial charge in [-0.05, 0) is 23.1 Å². The third-order valence-electron chi connectivity index (χ3n) is 4.62. The first-order valence-corrected chi connectivity index (χ1v) is 8.14. The fourth-order valence-corrected chi connectivity index (χ4v) is 3.34. The van der Waals surface area contributed by atoms with Crippen molar-refractivity contribution >= 4 is 11.3 Å². The van der Waals surface area contributed by atoms with Crippen molar-refractivity contribution in [3.05, 3.63) is 92.7 Å². The van der Waals surface area contributed by atoms with Crippen LogP contribution in [-0.4, -0.2) is 13.1 Å². The minimum Gasteiger partial charge on any atom is -0.364 e. The molecule has 24 heavy (non-hydrogen) atoms. The van der Waals surface area contributed by atoms with Crippen LogP contribution < -0.4 is 15.8 Å². The largest absolute Gasteiger partial charge is 0.364 e. The molecule has 3 heteroatoms. The zero-order valence-corrected chi connectivity index (χ0v) is 13.2. The van der Waals surface area contributed by atoms with Crippen molar-refractivity contribution in [2.45, 2.75) is 6.42 Å². The molecule has 0 aromatic heterocycles. The number of benzene rings is 2. The Morgan fingerprint density at radius 1 is 0.750 bits per heavy atom. The maximum Gasteiger partial charge on any atom is 0.250 e. The number of anilines is 1. The molecule has 1 aliphatic rings. The Morgan fingerprint density at radius 2 is 1.38 bits per heavy atom. The van der Waals surface area contributed by atoms with E-state index >= 15 is 0 Å². The van der Waals surface area contributed by atoms with Crippen LogP contribution >= 0.6 is 0 Å². The van der Waals surface area contributed by atoms with Gasteiger partial charge in [0.1, 0.15) is 5.69 Å². The first-order chi connectivity index (χ1) is 11.8. The molecule has 0 spiro atoms. The van der Waals surface area contributed by atoms with Crippen molar-refractivity contribution in [2.75, 3.05) is 18.0 Å². The lowest BCUT2D eigenvalue weighted by Crippen LogP contribution is -2.43. The van der Waals surface area contributed by atoms with E-state index in [9.17, 15) is 9.59 Å². The lowest BCUT2D eigenvalue weighted by atomic mass is 9.95. The summed E-state index contributed by atoms with van der Waals surface area (Å²) in [7, 11) is 0. The Morgan fingerprint density at radius 3 is 1.96 bits per heavy atom. The maximum absolute atomic E-state index is 12.1. The van der Waals surface area contributed by atoms with E-state index in [1.807, 2.05) is 53.4 Å². The molecule has 1 heterocycles. The van der Waals surface area contributed by atoms with Gasteiger partial charge < -0.3 is 4.90 Å². The molecule has 3 nitrogen and oxygen atoms in total. The molecular weight excluding hydrogens is 298 g/mol. The second kappa shape index (κ2) is 5.93. The molecule has 0 saturated heterocycles. The molecule has 0 fully saturated rings. The zero-order chi connectivity index (χ0) is 16.5.